The number of amides is 1. The van der Waals surface area contributed by atoms with Crippen LogP contribution in [0.4, 0.5) is 11.4 Å². The van der Waals surface area contributed by atoms with E-state index in [2.05, 4.69) is 44.8 Å². The van der Waals surface area contributed by atoms with Gasteiger partial charge in [-0.05, 0) is 67.8 Å². The van der Waals surface area contributed by atoms with Crippen LogP contribution in [0, 0.1) is 0 Å². The number of aryl methyl sites for hydroxylation is 1. The van der Waals surface area contributed by atoms with E-state index in [1.165, 1.54) is 36.5 Å². The summed E-state index contributed by atoms with van der Waals surface area (Å²) in [5.74, 6) is 0.118. The topological polar surface area (TPSA) is 35.6 Å². The van der Waals surface area contributed by atoms with E-state index in [0.29, 0.717) is 6.42 Å². The van der Waals surface area contributed by atoms with E-state index in [0.717, 1.165) is 44.1 Å². The molecule has 4 rings (SSSR count). The fourth-order valence-electron chi connectivity index (χ4n) is 3.80. The molecule has 0 bridgehead atoms. The molecule has 1 aromatic heterocycles. The molecule has 144 valence electrons. The zero-order chi connectivity index (χ0) is 18.5. The maximum Gasteiger partial charge on any atom is 0.224 e. The second-order valence-corrected chi connectivity index (χ2v) is 8.67. The summed E-state index contributed by atoms with van der Waals surface area (Å²) in [4.78, 5) is 18.6. The molecule has 2 aromatic rings. The minimum atomic E-state index is 0.118. The first-order valence-electron chi connectivity index (χ1n) is 10.2. The van der Waals surface area contributed by atoms with Gasteiger partial charge in [-0.15, -0.1) is 11.3 Å². The van der Waals surface area contributed by atoms with Crippen LogP contribution in [0.15, 0.2) is 41.8 Å². The van der Waals surface area contributed by atoms with E-state index < -0.39 is 0 Å². The number of carbonyl (C=O) groups is 1. The first-order valence-corrected chi connectivity index (χ1v) is 11.1. The SMILES string of the molecule is O=C(CCCCc1cccs1)Nc1ccc(N2CCN(C3CC3)CC2)cc1. The molecule has 0 unspecified atom stereocenters. The zero-order valence-electron chi connectivity index (χ0n) is 15.9. The first-order chi connectivity index (χ1) is 13.3. The third-order valence-corrected chi connectivity index (χ3v) is 6.49. The molecule has 1 amide bonds. The Morgan fingerprint density at radius 3 is 2.48 bits per heavy atom. The van der Waals surface area contributed by atoms with Crippen LogP contribution in [-0.4, -0.2) is 43.0 Å². The number of anilines is 2. The molecule has 0 spiro atoms. The zero-order valence-corrected chi connectivity index (χ0v) is 16.7. The van der Waals surface area contributed by atoms with Crippen molar-refractivity contribution in [3.05, 3.63) is 46.7 Å². The molecule has 1 aliphatic heterocycles. The number of carbonyl (C=O) groups excluding carboxylic acids is 1. The Balaban J connectivity index is 1.17. The largest absolute Gasteiger partial charge is 0.369 e. The van der Waals surface area contributed by atoms with Gasteiger partial charge in [0.25, 0.3) is 0 Å². The van der Waals surface area contributed by atoms with Gasteiger partial charge < -0.3 is 10.2 Å². The number of nitrogens with one attached hydrogen (secondary N) is 1. The number of thiophene rings is 1. The Bertz CT molecular complexity index is 717. The van der Waals surface area contributed by atoms with E-state index in [-0.39, 0.29) is 5.91 Å². The minimum Gasteiger partial charge on any atom is -0.369 e. The van der Waals surface area contributed by atoms with Gasteiger partial charge in [0.2, 0.25) is 5.91 Å². The fraction of sp³-hybridized carbons (Fsp3) is 0.500. The highest BCUT2D eigenvalue weighted by Crippen LogP contribution is 2.28. The Labute approximate surface area is 166 Å². The second kappa shape index (κ2) is 8.89. The molecule has 1 saturated heterocycles. The number of unbranched alkanes of at least 4 members (excludes halogenated alkanes) is 1. The van der Waals surface area contributed by atoms with Crippen molar-refractivity contribution in [2.45, 2.75) is 44.6 Å². The third-order valence-electron chi connectivity index (χ3n) is 5.55. The van der Waals surface area contributed by atoms with E-state index in [1.54, 1.807) is 11.3 Å². The number of hydrogen-bond acceptors (Lipinski definition) is 4. The Morgan fingerprint density at radius 2 is 1.81 bits per heavy atom. The van der Waals surface area contributed by atoms with E-state index >= 15 is 0 Å². The summed E-state index contributed by atoms with van der Waals surface area (Å²) in [5, 5.41) is 5.14. The lowest BCUT2D eigenvalue weighted by molar-refractivity contribution is -0.116. The summed E-state index contributed by atoms with van der Waals surface area (Å²) >= 11 is 1.79. The third kappa shape index (κ3) is 5.33. The van der Waals surface area contributed by atoms with Crippen LogP contribution in [0.5, 0.6) is 0 Å². The van der Waals surface area contributed by atoms with Crippen molar-refractivity contribution in [3.63, 3.8) is 0 Å². The molecule has 1 N–H and O–H groups in total. The van der Waals surface area contributed by atoms with Gasteiger partial charge in [0.15, 0.2) is 0 Å². The van der Waals surface area contributed by atoms with Crippen molar-refractivity contribution in [1.29, 1.82) is 0 Å². The monoisotopic (exact) mass is 383 g/mol. The van der Waals surface area contributed by atoms with Crippen LogP contribution in [0.25, 0.3) is 0 Å². The van der Waals surface area contributed by atoms with Crippen LogP contribution < -0.4 is 10.2 Å². The molecule has 4 nitrogen and oxygen atoms in total. The van der Waals surface area contributed by atoms with Crippen molar-refractivity contribution in [3.8, 4) is 0 Å². The quantitative estimate of drug-likeness (QED) is 0.687. The standard InChI is InChI=1S/C22H29N3OS/c26-22(6-2-1-4-21-5-3-17-27-21)23-18-7-9-19(10-8-18)24-13-15-25(16-14-24)20-11-12-20/h3,5,7-10,17,20H,1-2,4,6,11-16H2,(H,23,26). The van der Waals surface area contributed by atoms with Gasteiger partial charge in [0, 0.05) is 54.9 Å². The summed E-state index contributed by atoms with van der Waals surface area (Å²) in [6.45, 7) is 4.56. The molecule has 5 heteroatoms. The molecular formula is C22H29N3OS. The Morgan fingerprint density at radius 1 is 1.04 bits per heavy atom. The van der Waals surface area contributed by atoms with Crippen LogP contribution in [0.3, 0.4) is 0 Å². The number of benzene rings is 1. The van der Waals surface area contributed by atoms with Gasteiger partial charge >= 0.3 is 0 Å². The minimum absolute atomic E-state index is 0.118. The van der Waals surface area contributed by atoms with Crippen LogP contribution in [0.1, 0.15) is 37.0 Å². The molecule has 1 saturated carbocycles. The molecular weight excluding hydrogens is 354 g/mol. The van der Waals surface area contributed by atoms with Gasteiger partial charge in [-0.1, -0.05) is 6.07 Å². The molecule has 2 heterocycles. The van der Waals surface area contributed by atoms with Crippen LogP contribution in [0.2, 0.25) is 0 Å². The average molecular weight is 384 g/mol. The van der Waals surface area contributed by atoms with E-state index in [4.69, 9.17) is 0 Å². The molecule has 2 fully saturated rings. The van der Waals surface area contributed by atoms with Crippen LogP contribution in [-0.2, 0) is 11.2 Å². The molecule has 1 aliphatic carbocycles. The second-order valence-electron chi connectivity index (χ2n) is 7.64. The highest BCUT2D eigenvalue weighted by molar-refractivity contribution is 7.09. The lowest BCUT2D eigenvalue weighted by atomic mass is 10.1. The van der Waals surface area contributed by atoms with Gasteiger partial charge in [0.1, 0.15) is 0 Å². The van der Waals surface area contributed by atoms with Crippen molar-refractivity contribution in [2.75, 3.05) is 36.4 Å². The predicted molar refractivity (Wildman–Crippen MR) is 114 cm³/mol. The molecule has 0 atom stereocenters. The van der Waals surface area contributed by atoms with Gasteiger partial charge in [0.05, 0.1) is 0 Å². The number of hydrogen-bond donors (Lipinski definition) is 1. The first kappa shape index (κ1) is 18.5. The van der Waals surface area contributed by atoms with Crippen molar-refractivity contribution in [1.82, 2.24) is 4.90 Å². The van der Waals surface area contributed by atoms with E-state index in [1.807, 2.05) is 12.1 Å². The molecule has 0 radical (unpaired) electrons. The Kier molecular flexibility index (Phi) is 6.10. The lowest BCUT2D eigenvalue weighted by Gasteiger charge is -2.36. The summed E-state index contributed by atoms with van der Waals surface area (Å²) in [6.07, 6.45) is 6.46. The van der Waals surface area contributed by atoms with Crippen molar-refractivity contribution < 1.29 is 4.79 Å². The van der Waals surface area contributed by atoms with E-state index in [9.17, 15) is 4.79 Å². The fourth-order valence-corrected chi connectivity index (χ4v) is 4.55. The smallest absolute Gasteiger partial charge is 0.224 e. The maximum atomic E-state index is 12.1. The molecule has 1 aromatic carbocycles. The molecule has 27 heavy (non-hydrogen) atoms. The number of rotatable bonds is 8. The van der Waals surface area contributed by atoms with Gasteiger partial charge in [-0.3, -0.25) is 9.69 Å². The number of piperazine rings is 1. The highest BCUT2D eigenvalue weighted by Gasteiger charge is 2.31. The van der Waals surface area contributed by atoms with Gasteiger partial charge in [-0.25, -0.2) is 0 Å². The summed E-state index contributed by atoms with van der Waals surface area (Å²) < 4.78 is 0. The Hall–Kier alpha value is -1.85. The van der Waals surface area contributed by atoms with Gasteiger partial charge in [-0.2, -0.15) is 0 Å². The summed E-state index contributed by atoms with van der Waals surface area (Å²) in [6, 6.07) is 13.5. The maximum absolute atomic E-state index is 12.1. The molecule has 2 aliphatic rings. The highest BCUT2D eigenvalue weighted by atomic mass is 32.1. The van der Waals surface area contributed by atoms with Crippen LogP contribution >= 0.6 is 11.3 Å². The number of nitrogens with zero attached hydrogens (tertiary/aromatic N) is 2. The lowest BCUT2D eigenvalue weighted by Crippen LogP contribution is -2.47. The average Bonchev–Trinajstić information content (AvgIpc) is 3.42. The normalized spacial score (nSPS) is 17.9. The van der Waals surface area contributed by atoms with Crippen molar-refractivity contribution >= 4 is 28.6 Å². The predicted octanol–water partition coefficient (Wildman–Crippen LogP) is 4.38. The van der Waals surface area contributed by atoms with Crippen molar-refractivity contribution in [2.24, 2.45) is 0 Å². The summed E-state index contributed by atoms with van der Waals surface area (Å²) in [5.41, 5.74) is 2.16. The summed E-state index contributed by atoms with van der Waals surface area (Å²) in [7, 11) is 0.